The SMILES string of the molecule is COC(=O)c1cccc(-c2[c]cc(F)c[c]2)c1. The van der Waals surface area contributed by atoms with Gasteiger partial charge in [-0.2, -0.15) is 0 Å². The molecule has 0 aliphatic rings. The van der Waals surface area contributed by atoms with Gasteiger partial charge in [-0.3, -0.25) is 0 Å². The van der Waals surface area contributed by atoms with Crippen molar-refractivity contribution < 1.29 is 13.9 Å². The lowest BCUT2D eigenvalue weighted by Crippen LogP contribution is -2.00. The predicted octanol–water partition coefficient (Wildman–Crippen LogP) is 2.88. The molecule has 0 fully saturated rings. The highest BCUT2D eigenvalue weighted by atomic mass is 19.1. The van der Waals surface area contributed by atoms with Gasteiger partial charge in [0.15, 0.2) is 0 Å². The number of carbonyl (C=O) groups excluding carboxylic acids is 1. The van der Waals surface area contributed by atoms with Gasteiger partial charge in [0.25, 0.3) is 0 Å². The number of rotatable bonds is 2. The zero-order chi connectivity index (χ0) is 12.3. The van der Waals surface area contributed by atoms with Crippen molar-refractivity contribution in [1.29, 1.82) is 0 Å². The molecule has 0 saturated heterocycles. The molecule has 0 heterocycles. The lowest BCUT2D eigenvalue weighted by molar-refractivity contribution is 0.0601. The predicted molar refractivity (Wildman–Crippen MR) is 60.8 cm³/mol. The number of benzene rings is 2. The molecule has 0 atom stereocenters. The Morgan fingerprint density at radius 2 is 2.00 bits per heavy atom. The Balaban J connectivity index is 2.39. The number of esters is 1. The van der Waals surface area contributed by atoms with E-state index in [1.54, 1.807) is 24.3 Å². The molecule has 2 aromatic carbocycles. The first-order chi connectivity index (χ1) is 8.20. The maximum absolute atomic E-state index is 12.7. The number of halogens is 1. The molecule has 17 heavy (non-hydrogen) atoms. The Morgan fingerprint density at radius 3 is 2.65 bits per heavy atom. The van der Waals surface area contributed by atoms with Gasteiger partial charge in [-0.05, 0) is 47.5 Å². The fraction of sp³-hybridized carbons (Fsp3) is 0.0714. The van der Waals surface area contributed by atoms with E-state index < -0.39 is 11.8 Å². The summed E-state index contributed by atoms with van der Waals surface area (Å²) in [6, 6.07) is 14.8. The quantitative estimate of drug-likeness (QED) is 0.739. The van der Waals surface area contributed by atoms with E-state index in [-0.39, 0.29) is 0 Å². The topological polar surface area (TPSA) is 26.3 Å². The lowest BCUT2D eigenvalue weighted by Gasteiger charge is -2.03. The summed E-state index contributed by atoms with van der Waals surface area (Å²) in [7, 11) is 1.32. The maximum atomic E-state index is 12.7. The van der Waals surface area contributed by atoms with Crippen LogP contribution in [0.2, 0.25) is 0 Å². The van der Waals surface area contributed by atoms with Crippen LogP contribution in [0.15, 0.2) is 36.4 Å². The van der Waals surface area contributed by atoms with Crippen molar-refractivity contribution in [3.63, 3.8) is 0 Å². The minimum atomic E-state index is -0.408. The highest BCUT2D eigenvalue weighted by Crippen LogP contribution is 2.20. The van der Waals surface area contributed by atoms with E-state index in [9.17, 15) is 9.18 Å². The van der Waals surface area contributed by atoms with Crippen molar-refractivity contribution in [1.82, 2.24) is 0 Å². The van der Waals surface area contributed by atoms with Crippen molar-refractivity contribution in [2.75, 3.05) is 7.11 Å². The summed E-state index contributed by atoms with van der Waals surface area (Å²) in [4.78, 5) is 11.3. The third kappa shape index (κ3) is 2.50. The first-order valence-electron chi connectivity index (χ1n) is 4.98. The molecule has 3 heteroatoms. The monoisotopic (exact) mass is 228 g/mol. The second kappa shape index (κ2) is 4.78. The van der Waals surface area contributed by atoms with Crippen molar-refractivity contribution in [2.24, 2.45) is 0 Å². The summed E-state index contributed by atoms with van der Waals surface area (Å²) < 4.78 is 17.4. The van der Waals surface area contributed by atoms with E-state index in [1.165, 1.54) is 19.2 Å². The molecule has 0 N–H and O–H groups in total. The average molecular weight is 228 g/mol. The van der Waals surface area contributed by atoms with Crippen molar-refractivity contribution >= 4 is 5.97 Å². The molecule has 2 radical (unpaired) electrons. The molecule has 0 unspecified atom stereocenters. The third-order valence-electron chi connectivity index (χ3n) is 2.28. The molecule has 0 bridgehead atoms. The molecular weight excluding hydrogens is 219 g/mol. The van der Waals surface area contributed by atoms with Crippen molar-refractivity contribution in [3.8, 4) is 11.1 Å². The summed E-state index contributed by atoms with van der Waals surface area (Å²) in [5, 5.41) is 0. The van der Waals surface area contributed by atoms with Gasteiger partial charge in [-0.1, -0.05) is 12.1 Å². The molecule has 0 saturated carbocycles. The van der Waals surface area contributed by atoms with Crippen LogP contribution < -0.4 is 0 Å². The average Bonchev–Trinajstić information content (AvgIpc) is 2.39. The summed E-state index contributed by atoms with van der Waals surface area (Å²) in [5.74, 6) is -0.799. The Hall–Kier alpha value is -2.16. The number of carbonyl (C=O) groups is 1. The van der Waals surface area contributed by atoms with E-state index >= 15 is 0 Å². The largest absolute Gasteiger partial charge is 0.465 e. The number of ether oxygens (including phenoxy) is 1. The molecule has 0 spiro atoms. The Morgan fingerprint density at radius 1 is 1.29 bits per heavy atom. The van der Waals surface area contributed by atoms with E-state index in [0.717, 1.165) is 5.56 Å². The highest BCUT2D eigenvalue weighted by molar-refractivity contribution is 5.90. The van der Waals surface area contributed by atoms with Crippen LogP contribution in [0.5, 0.6) is 0 Å². The Bertz CT molecular complexity index is 532. The first kappa shape index (κ1) is 11.3. The molecule has 0 aliphatic heterocycles. The molecule has 0 amide bonds. The van der Waals surface area contributed by atoms with Crippen LogP contribution >= 0.6 is 0 Å². The fourth-order valence-electron chi connectivity index (χ4n) is 1.45. The van der Waals surface area contributed by atoms with Crippen LogP contribution in [0.25, 0.3) is 11.1 Å². The van der Waals surface area contributed by atoms with Crippen molar-refractivity contribution in [2.45, 2.75) is 0 Å². The number of hydrogen-bond donors (Lipinski definition) is 0. The van der Waals surface area contributed by atoms with Crippen molar-refractivity contribution in [3.05, 3.63) is 59.9 Å². The Kier molecular flexibility index (Phi) is 3.19. The first-order valence-corrected chi connectivity index (χ1v) is 4.98. The zero-order valence-electron chi connectivity index (χ0n) is 9.16. The van der Waals surface area contributed by atoms with Crippen LogP contribution in [0, 0.1) is 17.9 Å². The van der Waals surface area contributed by atoms with Crippen LogP contribution in [0.1, 0.15) is 10.4 Å². The minimum Gasteiger partial charge on any atom is -0.465 e. The van der Waals surface area contributed by atoms with Gasteiger partial charge in [-0.25, -0.2) is 9.18 Å². The molecular formula is C14H9FO2. The van der Waals surface area contributed by atoms with Crippen LogP contribution in [0.4, 0.5) is 4.39 Å². The summed E-state index contributed by atoms with van der Waals surface area (Å²) in [6.07, 6.45) is 0. The third-order valence-corrected chi connectivity index (χ3v) is 2.28. The van der Waals surface area contributed by atoms with Gasteiger partial charge < -0.3 is 4.74 Å². The normalized spacial score (nSPS) is 10.0. The molecule has 2 nitrogen and oxygen atoms in total. The molecule has 0 aromatic heterocycles. The van der Waals surface area contributed by atoms with Gasteiger partial charge in [0, 0.05) is 0 Å². The van der Waals surface area contributed by atoms with E-state index in [1.807, 2.05) is 0 Å². The van der Waals surface area contributed by atoms with Gasteiger partial charge in [0.2, 0.25) is 0 Å². The van der Waals surface area contributed by atoms with Gasteiger partial charge >= 0.3 is 5.97 Å². The molecule has 84 valence electrons. The van der Waals surface area contributed by atoms with Crippen LogP contribution in [-0.2, 0) is 4.74 Å². The van der Waals surface area contributed by atoms with Gasteiger partial charge in [0.1, 0.15) is 5.82 Å². The van der Waals surface area contributed by atoms with E-state index in [0.29, 0.717) is 11.1 Å². The highest BCUT2D eigenvalue weighted by Gasteiger charge is 2.06. The summed E-state index contributed by atoms with van der Waals surface area (Å²) >= 11 is 0. The second-order valence-corrected chi connectivity index (χ2v) is 3.41. The second-order valence-electron chi connectivity index (χ2n) is 3.41. The summed E-state index contributed by atoms with van der Waals surface area (Å²) in [5.41, 5.74) is 1.79. The van der Waals surface area contributed by atoms with E-state index in [4.69, 9.17) is 0 Å². The van der Waals surface area contributed by atoms with Gasteiger partial charge in [-0.15, -0.1) is 0 Å². The molecule has 2 aromatic rings. The zero-order valence-corrected chi connectivity index (χ0v) is 9.16. The standard InChI is InChI=1S/C14H9FO2/c1-17-14(16)12-4-2-3-11(9-12)10-5-7-13(15)8-6-10/h2-4,7-9H,1H3. The maximum Gasteiger partial charge on any atom is 0.337 e. The van der Waals surface area contributed by atoms with Gasteiger partial charge in [0.05, 0.1) is 12.7 Å². The minimum absolute atomic E-state index is 0.391. The number of methoxy groups -OCH3 is 1. The molecule has 2 rings (SSSR count). The van der Waals surface area contributed by atoms with E-state index in [2.05, 4.69) is 16.9 Å². The smallest absolute Gasteiger partial charge is 0.337 e. The van der Waals surface area contributed by atoms with Crippen LogP contribution in [-0.4, -0.2) is 13.1 Å². The fourth-order valence-corrected chi connectivity index (χ4v) is 1.45. The summed E-state index contributed by atoms with van der Waals surface area (Å²) in [6.45, 7) is 0. The van der Waals surface area contributed by atoms with Crippen LogP contribution in [0.3, 0.4) is 0 Å². The Labute approximate surface area is 98.7 Å². The lowest BCUT2D eigenvalue weighted by atomic mass is 10.0. The number of hydrogen-bond acceptors (Lipinski definition) is 2. The molecule has 0 aliphatic carbocycles.